The molecule has 250 valence electrons. The van der Waals surface area contributed by atoms with Gasteiger partial charge in [-0.3, -0.25) is 0 Å². The summed E-state index contributed by atoms with van der Waals surface area (Å²) in [4.78, 5) is 1.34. The fourth-order valence-corrected chi connectivity index (χ4v) is 6.61. The summed E-state index contributed by atoms with van der Waals surface area (Å²) >= 11 is 0. The lowest BCUT2D eigenvalue weighted by molar-refractivity contribution is 1.28. The van der Waals surface area contributed by atoms with Crippen molar-refractivity contribution in [3.8, 4) is 55.6 Å². The Morgan fingerprint density at radius 2 is 0.623 bits per heavy atom. The van der Waals surface area contributed by atoms with Crippen LogP contribution >= 0.6 is 0 Å². The van der Waals surface area contributed by atoms with Crippen LogP contribution in [-0.2, 0) is 0 Å². The van der Waals surface area contributed by atoms with E-state index in [1.54, 1.807) is 42.5 Å². The van der Waals surface area contributed by atoms with Crippen molar-refractivity contribution in [1.29, 1.82) is 0 Å². The molecule has 0 heterocycles. The third-order valence-electron chi connectivity index (χ3n) is 9.42. The lowest BCUT2D eigenvalue weighted by atomic mass is 9.97. The van der Waals surface area contributed by atoms with Gasteiger partial charge in [0, 0.05) is 17.1 Å². The SMILES string of the molecule is [2H]c1c([2H])c(N(c2ccc(-c3ccc(-c4ccccc4)cc3)cc2)c2c([2H])c([2H])c(-c3cccc(-c4ccc5ccccc5c4)c3)c([2H])c2[2H])c([2H])c([2H])c1-c1ccccc1. The molecule has 0 fully saturated rings. The second kappa shape index (κ2) is 14.3. The molecule has 1 nitrogen and oxygen atoms in total. The largest absolute Gasteiger partial charge is 0.311 e. The highest BCUT2D eigenvalue weighted by Crippen LogP contribution is 2.38. The molecule has 0 radical (unpaired) electrons. The molecular weight excluding hydrogens is 639 g/mol. The van der Waals surface area contributed by atoms with Gasteiger partial charge in [-0.15, -0.1) is 0 Å². The molecule has 0 amide bonds. The number of hydrogen-bond donors (Lipinski definition) is 0. The van der Waals surface area contributed by atoms with Gasteiger partial charge in [-0.1, -0.05) is 176 Å². The van der Waals surface area contributed by atoms with E-state index in [4.69, 9.17) is 2.74 Å². The van der Waals surface area contributed by atoms with Crippen molar-refractivity contribution in [2.45, 2.75) is 0 Å². The molecule has 9 aromatic rings. The zero-order chi connectivity index (χ0) is 42.4. The fourth-order valence-electron chi connectivity index (χ4n) is 6.61. The molecule has 0 aromatic heterocycles. The summed E-state index contributed by atoms with van der Waals surface area (Å²) in [5.74, 6) is 0. The van der Waals surface area contributed by atoms with Gasteiger partial charge in [-0.05, 0) is 115 Å². The van der Waals surface area contributed by atoms with E-state index in [0.29, 0.717) is 16.8 Å². The molecule has 9 aromatic carbocycles. The summed E-state index contributed by atoms with van der Waals surface area (Å²) in [6.45, 7) is 0. The maximum absolute atomic E-state index is 9.50. The lowest BCUT2D eigenvalue weighted by Crippen LogP contribution is -2.09. The maximum Gasteiger partial charge on any atom is 0.0645 e. The first kappa shape index (κ1) is 24.3. The number of fused-ring (bicyclic) bond motifs is 1. The minimum atomic E-state index is -0.392. The molecule has 1 heteroatoms. The van der Waals surface area contributed by atoms with Gasteiger partial charge in [0.1, 0.15) is 0 Å². The first-order valence-corrected chi connectivity index (χ1v) is 17.5. The van der Waals surface area contributed by atoms with Crippen LogP contribution in [0.5, 0.6) is 0 Å². The fraction of sp³-hybridized carbons (Fsp3) is 0. The molecule has 0 spiro atoms. The van der Waals surface area contributed by atoms with Crippen LogP contribution in [0, 0.1) is 0 Å². The van der Waals surface area contributed by atoms with E-state index in [2.05, 4.69) is 18.2 Å². The van der Waals surface area contributed by atoms with Crippen LogP contribution in [0.15, 0.2) is 224 Å². The van der Waals surface area contributed by atoms with Gasteiger partial charge in [-0.25, -0.2) is 0 Å². The Morgan fingerprint density at radius 1 is 0.245 bits per heavy atom. The number of anilines is 3. The number of rotatable bonds is 8. The lowest BCUT2D eigenvalue weighted by Gasteiger charge is -2.26. The van der Waals surface area contributed by atoms with Crippen molar-refractivity contribution >= 4 is 27.8 Å². The molecule has 0 unspecified atom stereocenters. The van der Waals surface area contributed by atoms with E-state index in [0.717, 1.165) is 44.2 Å². The predicted octanol–water partition coefficient (Wildman–Crippen LogP) is 14.6. The van der Waals surface area contributed by atoms with Crippen LogP contribution < -0.4 is 4.90 Å². The number of nitrogens with zero attached hydrogens (tertiary/aromatic N) is 1. The molecule has 0 N–H and O–H groups in total. The summed E-state index contributed by atoms with van der Waals surface area (Å²) in [6, 6.07) is 53.1. The van der Waals surface area contributed by atoms with Gasteiger partial charge < -0.3 is 4.90 Å². The second-order valence-electron chi connectivity index (χ2n) is 12.8. The van der Waals surface area contributed by atoms with Crippen LogP contribution in [0.25, 0.3) is 66.4 Å². The van der Waals surface area contributed by atoms with Gasteiger partial charge in [-0.2, -0.15) is 0 Å². The second-order valence-corrected chi connectivity index (χ2v) is 12.8. The third kappa shape index (κ3) is 6.77. The summed E-state index contributed by atoms with van der Waals surface area (Å²) in [5, 5.41) is 2.17. The molecule has 0 atom stereocenters. The van der Waals surface area contributed by atoms with Gasteiger partial charge >= 0.3 is 0 Å². The Balaban J connectivity index is 1.19. The molecule has 0 saturated carbocycles. The quantitative estimate of drug-likeness (QED) is 0.154. The minimum Gasteiger partial charge on any atom is -0.311 e. The summed E-state index contributed by atoms with van der Waals surface area (Å²) in [5.41, 5.74) is 6.95. The molecule has 9 rings (SSSR count). The molecule has 0 aliphatic rings. The number of hydrogen-bond acceptors (Lipinski definition) is 1. The van der Waals surface area contributed by atoms with Crippen molar-refractivity contribution in [3.63, 3.8) is 0 Å². The highest BCUT2D eigenvalue weighted by molar-refractivity contribution is 5.88. The zero-order valence-electron chi connectivity index (χ0n) is 36.7. The van der Waals surface area contributed by atoms with Crippen LogP contribution in [0.4, 0.5) is 17.1 Å². The van der Waals surface area contributed by atoms with E-state index in [1.165, 1.54) is 4.90 Å². The van der Waals surface area contributed by atoms with Crippen LogP contribution in [-0.4, -0.2) is 0 Å². The van der Waals surface area contributed by atoms with Crippen molar-refractivity contribution in [1.82, 2.24) is 0 Å². The monoisotopic (exact) mass is 683 g/mol. The molecule has 0 aliphatic heterocycles. The van der Waals surface area contributed by atoms with Crippen molar-refractivity contribution in [3.05, 3.63) is 224 Å². The zero-order valence-corrected chi connectivity index (χ0v) is 28.7. The Hall–Kier alpha value is -6.96. The van der Waals surface area contributed by atoms with E-state index in [-0.39, 0.29) is 58.8 Å². The van der Waals surface area contributed by atoms with Crippen LogP contribution in [0.1, 0.15) is 11.0 Å². The Morgan fingerprint density at radius 3 is 1.19 bits per heavy atom. The molecular formula is C52H37N. The topological polar surface area (TPSA) is 3.24 Å². The highest BCUT2D eigenvalue weighted by atomic mass is 15.1. The first-order valence-electron chi connectivity index (χ1n) is 21.5. The third-order valence-corrected chi connectivity index (χ3v) is 9.42. The van der Waals surface area contributed by atoms with Gasteiger partial charge in [0.15, 0.2) is 0 Å². The molecule has 0 saturated heterocycles. The minimum absolute atomic E-state index is 0.106. The Kier molecular flexibility index (Phi) is 6.57. The molecule has 0 bridgehead atoms. The average Bonchev–Trinajstić information content (AvgIpc) is 3.30. The van der Waals surface area contributed by atoms with Crippen LogP contribution in [0.2, 0.25) is 0 Å². The van der Waals surface area contributed by atoms with Gasteiger partial charge in [0.2, 0.25) is 0 Å². The van der Waals surface area contributed by atoms with Gasteiger partial charge in [0.25, 0.3) is 0 Å². The smallest absolute Gasteiger partial charge is 0.0645 e. The Labute approximate surface area is 323 Å². The maximum atomic E-state index is 9.50. The highest BCUT2D eigenvalue weighted by Gasteiger charge is 2.14. The molecule has 0 aliphatic carbocycles. The number of benzene rings is 9. The van der Waals surface area contributed by atoms with Crippen molar-refractivity contribution < 1.29 is 11.0 Å². The first-order chi connectivity index (χ1) is 29.6. The van der Waals surface area contributed by atoms with Crippen molar-refractivity contribution in [2.24, 2.45) is 0 Å². The summed E-state index contributed by atoms with van der Waals surface area (Å²) in [6.07, 6.45) is 0. The standard InChI is InChI=1S/C52H37N/c1-3-10-38(11-4-1)41-18-20-42(21-19-41)44-26-32-51(33-27-44)53(50-30-24-43(25-31-50)39-12-5-2-6-13-39)52-34-28-45(29-35-52)47-16-9-17-48(36-47)49-23-22-40-14-7-8-15-46(40)37-49/h1-37H/i24D,25D,28D,29D,30D,31D,34D,35D. The van der Waals surface area contributed by atoms with E-state index >= 15 is 0 Å². The predicted molar refractivity (Wildman–Crippen MR) is 226 cm³/mol. The molecule has 53 heavy (non-hydrogen) atoms. The summed E-state index contributed by atoms with van der Waals surface area (Å²) in [7, 11) is 0. The van der Waals surface area contributed by atoms with Crippen LogP contribution in [0.3, 0.4) is 0 Å². The van der Waals surface area contributed by atoms with E-state index in [1.807, 2.05) is 115 Å². The van der Waals surface area contributed by atoms with E-state index in [9.17, 15) is 8.22 Å². The van der Waals surface area contributed by atoms with E-state index < -0.39 is 12.1 Å². The van der Waals surface area contributed by atoms with Gasteiger partial charge in [0.05, 0.1) is 11.0 Å². The normalized spacial score (nSPS) is 13.1. The average molecular weight is 684 g/mol. The van der Waals surface area contributed by atoms with Crippen molar-refractivity contribution in [2.75, 3.05) is 4.90 Å². The summed E-state index contributed by atoms with van der Waals surface area (Å²) < 4.78 is 74.8. The Bertz CT molecular complexity index is 3040.